The minimum Gasteiger partial charge on any atom is -0.451 e. The molecule has 0 spiro atoms. The highest BCUT2D eigenvalue weighted by Crippen LogP contribution is 2.67. The second-order valence-electron chi connectivity index (χ2n) is 7.40. The first kappa shape index (κ1) is 19.8. The Hall–Kier alpha value is -3.52. The van der Waals surface area contributed by atoms with Gasteiger partial charge in [-0.25, -0.2) is 0 Å². The molecule has 0 radical (unpaired) electrons. The van der Waals surface area contributed by atoms with Crippen LogP contribution in [-0.4, -0.2) is 0 Å². The normalized spacial score (nSPS) is 27.0. The predicted octanol–water partition coefficient (Wildman–Crippen LogP) is 6.87. The van der Waals surface area contributed by atoms with Crippen molar-refractivity contribution < 1.29 is 9.47 Å². The summed E-state index contributed by atoms with van der Waals surface area (Å²) in [7, 11) is 0. The number of allylic oxidation sites excluding steroid dienone is 8. The minimum absolute atomic E-state index is 0.590. The summed E-state index contributed by atoms with van der Waals surface area (Å²) in [5.74, 6) is 0.333. The Labute approximate surface area is 178 Å². The van der Waals surface area contributed by atoms with E-state index in [0.29, 0.717) is 5.76 Å². The van der Waals surface area contributed by atoms with E-state index in [1.165, 1.54) is 0 Å². The molecule has 2 atom stereocenters. The standard InChI is InChI=1S/C28H26O2/c1-5-7-10-20-26-22(4)30-28(24-18-13-9-14-19-24)27(26,23-16-11-8-12-17-23)25(15-6-2)21(3)29-28/h5-20H,2-3H2,1,4H3/b7-5-,20-10-,25-15+. The average molecular weight is 395 g/mol. The van der Waals surface area contributed by atoms with Gasteiger partial charge in [-0.05, 0) is 19.4 Å². The molecule has 1 fully saturated rings. The molecule has 0 amide bonds. The predicted molar refractivity (Wildman–Crippen MR) is 122 cm³/mol. The van der Waals surface area contributed by atoms with E-state index in [4.69, 9.17) is 9.47 Å². The molecule has 2 aliphatic heterocycles. The minimum atomic E-state index is -1.08. The summed E-state index contributed by atoms with van der Waals surface area (Å²) in [5, 5.41) is 0. The van der Waals surface area contributed by atoms with E-state index in [0.717, 1.165) is 28.0 Å². The average Bonchev–Trinajstić information content (AvgIpc) is 3.16. The fraction of sp³-hybridized carbons (Fsp3) is 0.143. The molecule has 2 aromatic carbocycles. The molecule has 0 bridgehead atoms. The van der Waals surface area contributed by atoms with Crippen molar-refractivity contribution in [3.8, 4) is 0 Å². The summed E-state index contributed by atoms with van der Waals surface area (Å²) in [6.07, 6.45) is 12.0. The Morgan fingerprint density at radius 1 is 0.867 bits per heavy atom. The first-order valence-corrected chi connectivity index (χ1v) is 10.1. The molecular formula is C28H26O2. The molecule has 4 rings (SSSR count). The highest BCUT2D eigenvalue weighted by atomic mass is 16.7. The van der Waals surface area contributed by atoms with Crippen LogP contribution in [0.25, 0.3) is 0 Å². The monoisotopic (exact) mass is 394 g/mol. The topological polar surface area (TPSA) is 18.5 Å². The Morgan fingerprint density at radius 2 is 1.50 bits per heavy atom. The Morgan fingerprint density at radius 3 is 2.10 bits per heavy atom. The van der Waals surface area contributed by atoms with Gasteiger partial charge in [0.25, 0.3) is 5.79 Å². The van der Waals surface area contributed by atoms with Crippen molar-refractivity contribution in [1.29, 1.82) is 0 Å². The molecule has 2 unspecified atom stereocenters. The second-order valence-corrected chi connectivity index (χ2v) is 7.40. The molecule has 2 aromatic rings. The third kappa shape index (κ3) is 2.64. The largest absolute Gasteiger partial charge is 0.451 e. The molecule has 1 saturated heterocycles. The van der Waals surface area contributed by atoms with Crippen LogP contribution in [0.2, 0.25) is 0 Å². The molecule has 0 saturated carbocycles. The van der Waals surface area contributed by atoms with Gasteiger partial charge in [-0.15, -0.1) is 0 Å². The Balaban J connectivity index is 2.13. The zero-order valence-corrected chi connectivity index (χ0v) is 17.5. The van der Waals surface area contributed by atoms with Crippen molar-refractivity contribution in [3.63, 3.8) is 0 Å². The maximum atomic E-state index is 6.65. The van der Waals surface area contributed by atoms with Crippen molar-refractivity contribution in [2.24, 2.45) is 0 Å². The van der Waals surface area contributed by atoms with Crippen LogP contribution < -0.4 is 0 Å². The van der Waals surface area contributed by atoms with Gasteiger partial charge >= 0.3 is 0 Å². The van der Waals surface area contributed by atoms with Crippen LogP contribution in [0.4, 0.5) is 0 Å². The maximum absolute atomic E-state index is 6.65. The molecule has 150 valence electrons. The summed E-state index contributed by atoms with van der Waals surface area (Å²) < 4.78 is 13.2. The lowest BCUT2D eigenvalue weighted by atomic mass is 9.63. The number of rotatable bonds is 5. The summed E-state index contributed by atoms with van der Waals surface area (Å²) >= 11 is 0. The van der Waals surface area contributed by atoms with Crippen molar-refractivity contribution >= 4 is 0 Å². The zero-order valence-electron chi connectivity index (χ0n) is 17.5. The fourth-order valence-corrected chi connectivity index (χ4v) is 4.67. The lowest BCUT2D eigenvalue weighted by Crippen LogP contribution is -2.45. The van der Waals surface area contributed by atoms with E-state index in [-0.39, 0.29) is 0 Å². The molecule has 0 aliphatic carbocycles. The van der Waals surface area contributed by atoms with E-state index in [9.17, 15) is 0 Å². The van der Waals surface area contributed by atoms with Crippen LogP contribution in [0.15, 0.2) is 133 Å². The van der Waals surface area contributed by atoms with Gasteiger partial charge in [0.2, 0.25) is 0 Å². The number of benzene rings is 2. The Bertz CT molecular complexity index is 1090. The lowest BCUT2D eigenvalue weighted by Gasteiger charge is -2.39. The van der Waals surface area contributed by atoms with E-state index < -0.39 is 11.2 Å². The summed E-state index contributed by atoms with van der Waals surface area (Å²) in [6.45, 7) is 12.2. The number of ether oxygens (including phenoxy) is 2. The van der Waals surface area contributed by atoms with Crippen LogP contribution in [0.1, 0.15) is 25.0 Å². The highest BCUT2D eigenvalue weighted by Gasteiger charge is 2.70. The number of hydrogen-bond donors (Lipinski definition) is 0. The van der Waals surface area contributed by atoms with Crippen molar-refractivity contribution in [2.75, 3.05) is 0 Å². The molecule has 0 aromatic heterocycles. The van der Waals surface area contributed by atoms with Gasteiger partial charge in [-0.1, -0.05) is 110 Å². The smallest absolute Gasteiger partial charge is 0.295 e. The third-order valence-electron chi connectivity index (χ3n) is 5.76. The molecule has 2 nitrogen and oxygen atoms in total. The van der Waals surface area contributed by atoms with Crippen LogP contribution >= 0.6 is 0 Å². The molecule has 30 heavy (non-hydrogen) atoms. The van der Waals surface area contributed by atoms with E-state index in [1.54, 1.807) is 6.08 Å². The lowest BCUT2D eigenvalue weighted by molar-refractivity contribution is -0.187. The van der Waals surface area contributed by atoms with Gasteiger partial charge in [0, 0.05) is 16.7 Å². The SMILES string of the molecule is C=C/C=C1\C(=C)OC2(c3ccccc3)OC(C)=C(/C=C\C=C/C)C12c1ccccc1. The van der Waals surface area contributed by atoms with Crippen molar-refractivity contribution in [3.05, 3.63) is 144 Å². The van der Waals surface area contributed by atoms with E-state index in [2.05, 4.69) is 31.4 Å². The first-order valence-electron chi connectivity index (χ1n) is 10.1. The van der Waals surface area contributed by atoms with E-state index in [1.807, 2.05) is 86.7 Å². The van der Waals surface area contributed by atoms with Gasteiger partial charge < -0.3 is 9.47 Å². The number of hydrogen-bond acceptors (Lipinski definition) is 2. The third-order valence-corrected chi connectivity index (χ3v) is 5.76. The Kier molecular flexibility index (Phi) is 5.09. The van der Waals surface area contributed by atoms with Gasteiger partial charge in [0.05, 0.1) is 0 Å². The van der Waals surface area contributed by atoms with Gasteiger partial charge in [0.1, 0.15) is 16.9 Å². The van der Waals surface area contributed by atoms with E-state index >= 15 is 0 Å². The van der Waals surface area contributed by atoms with Gasteiger partial charge in [-0.3, -0.25) is 0 Å². The van der Waals surface area contributed by atoms with Crippen molar-refractivity contribution in [2.45, 2.75) is 25.0 Å². The molecule has 2 aliphatic rings. The second kappa shape index (κ2) is 7.72. The van der Waals surface area contributed by atoms with Crippen LogP contribution in [-0.2, 0) is 20.7 Å². The van der Waals surface area contributed by atoms with Crippen LogP contribution in [0.3, 0.4) is 0 Å². The van der Waals surface area contributed by atoms with Gasteiger partial charge in [0.15, 0.2) is 0 Å². The molecule has 0 N–H and O–H groups in total. The fourth-order valence-electron chi connectivity index (χ4n) is 4.67. The van der Waals surface area contributed by atoms with Crippen LogP contribution in [0.5, 0.6) is 0 Å². The quantitative estimate of drug-likeness (QED) is 0.515. The highest BCUT2D eigenvalue weighted by molar-refractivity contribution is 5.66. The molecular weight excluding hydrogens is 368 g/mol. The first-order chi connectivity index (χ1) is 14.6. The number of fused-ring (bicyclic) bond motifs is 1. The maximum Gasteiger partial charge on any atom is 0.295 e. The zero-order chi connectivity index (χ0) is 21.2. The summed E-state index contributed by atoms with van der Waals surface area (Å²) in [6, 6.07) is 20.5. The molecule has 2 heterocycles. The van der Waals surface area contributed by atoms with Gasteiger partial charge in [-0.2, -0.15) is 0 Å². The van der Waals surface area contributed by atoms with Crippen LogP contribution in [0, 0.1) is 0 Å². The summed E-state index contributed by atoms with van der Waals surface area (Å²) in [4.78, 5) is 0. The summed E-state index contributed by atoms with van der Waals surface area (Å²) in [5.41, 5.74) is 3.30. The van der Waals surface area contributed by atoms with Crippen molar-refractivity contribution in [1.82, 2.24) is 0 Å². The molecule has 2 heteroatoms.